The first-order valence-electron chi connectivity index (χ1n) is 8.29. The number of sulfonamides is 1. The molecular weight excluding hydrogens is 328 g/mol. The van der Waals surface area contributed by atoms with Gasteiger partial charge in [0.05, 0.1) is 4.90 Å². The van der Waals surface area contributed by atoms with Crippen molar-refractivity contribution in [2.24, 2.45) is 11.8 Å². The molecule has 0 amide bonds. The molecule has 2 unspecified atom stereocenters. The second kappa shape index (κ2) is 6.68. The van der Waals surface area contributed by atoms with E-state index in [1.165, 1.54) is 36.1 Å². The lowest BCUT2D eigenvalue weighted by Crippen LogP contribution is -2.25. The van der Waals surface area contributed by atoms with Crippen molar-refractivity contribution in [2.45, 2.75) is 37.5 Å². The number of benzene rings is 1. The van der Waals surface area contributed by atoms with Crippen molar-refractivity contribution in [3.63, 3.8) is 0 Å². The summed E-state index contributed by atoms with van der Waals surface area (Å²) in [4.78, 5) is 7.37. The second-order valence-corrected chi connectivity index (χ2v) is 8.99. The molecule has 3 rings (SSSR count). The van der Waals surface area contributed by atoms with Crippen LogP contribution in [-0.2, 0) is 10.0 Å². The molecule has 1 aliphatic rings. The van der Waals surface area contributed by atoms with E-state index in [1.807, 2.05) is 0 Å². The predicted molar refractivity (Wildman–Crippen MR) is 91.0 cm³/mol. The molecule has 2 atom stereocenters. The summed E-state index contributed by atoms with van der Waals surface area (Å²) < 4.78 is 25.8. The van der Waals surface area contributed by atoms with E-state index in [4.69, 9.17) is 4.84 Å². The molecule has 8 heteroatoms. The van der Waals surface area contributed by atoms with E-state index in [0.717, 1.165) is 18.8 Å². The summed E-state index contributed by atoms with van der Waals surface area (Å²) in [5.41, 5.74) is 1.19. The first-order chi connectivity index (χ1) is 11.4. The summed E-state index contributed by atoms with van der Waals surface area (Å²) in [6.07, 6.45) is 4.84. The van der Waals surface area contributed by atoms with E-state index >= 15 is 0 Å². The van der Waals surface area contributed by atoms with Crippen LogP contribution >= 0.6 is 0 Å². The van der Waals surface area contributed by atoms with Crippen LogP contribution in [0.2, 0.25) is 0 Å². The smallest absolute Gasteiger partial charge is 0.242 e. The van der Waals surface area contributed by atoms with Gasteiger partial charge in [-0.3, -0.25) is 0 Å². The Morgan fingerprint density at radius 1 is 1.33 bits per heavy atom. The van der Waals surface area contributed by atoms with Crippen molar-refractivity contribution < 1.29 is 13.3 Å². The number of nitrogens with zero attached hydrogens (tertiary/aromatic N) is 4. The van der Waals surface area contributed by atoms with E-state index in [-0.39, 0.29) is 4.90 Å². The van der Waals surface area contributed by atoms with Gasteiger partial charge in [-0.05, 0) is 48.1 Å². The van der Waals surface area contributed by atoms with Gasteiger partial charge in [-0.15, -0.1) is 5.10 Å². The normalized spacial score (nSPS) is 22.2. The number of fused-ring (bicyclic) bond motifs is 1. The summed E-state index contributed by atoms with van der Waals surface area (Å²) in [5, 5.41) is 8.05. The van der Waals surface area contributed by atoms with Crippen LogP contribution in [0.25, 0.3) is 11.0 Å². The number of hydrogen-bond donors (Lipinski definition) is 0. The SMILES string of the molecule is CC1CCCC(COn2nnc3ccc(S(=O)(=O)N(C)C)cc32)C1. The van der Waals surface area contributed by atoms with Crippen LogP contribution in [0.15, 0.2) is 23.1 Å². The molecule has 1 aromatic carbocycles. The largest absolute Gasteiger partial charge is 0.395 e. The van der Waals surface area contributed by atoms with Gasteiger partial charge in [0.15, 0.2) is 0 Å². The first-order valence-corrected chi connectivity index (χ1v) is 9.73. The van der Waals surface area contributed by atoms with Crippen LogP contribution in [0.5, 0.6) is 0 Å². The standard InChI is InChI=1S/C16H24N4O3S/c1-12-5-4-6-13(9-12)11-23-20-16-10-14(24(21,22)19(2)3)7-8-15(16)17-18-20/h7-8,10,12-13H,4-6,9,11H2,1-3H3. The monoisotopic (exact) mass is 352 g/mol. The molecule has 1 heterocycles. The fourth-order valence-electron chi connectivity index (χ4n) is 3.23. The molecule has 0 spiro atoms. The highest BCUT2D eigenvalue weighted by molar-refractivity contribution is 7.89. The van der Waals surface area contributed by atoms with Gasteiger partial charge in [-0.1, -0.05) is 24.6 Å². The summed E-state index contributed by atoms with van der Waals surface area (Å²) in [7, 11) is -0.477. The highest BCUT2D eigenvalue weighted by Crippen LogP contribution is 2.28. The van der Waals surface area contributed by atoms with E-state index in [9.17, 15) is 8.42 Å². The third kappa shape index (κ3) is 3.39. The zero-order chi connectivity index (χ0) is 17.3. The molecular formula is C16H24N4O3S. The Morgan fingerprint density at radius 3 is 2.83 bits per heavy atom. The van der Waals surface area contributed by atoms with Crippen molar-refractivity contribution in [2.75, 3.05) is 20.7 Å². The zero-order valence-corrected chi connectivity index (χ0v) is 15.2. The minimum atomic E-state index is -3.50. The lowest BCUT2D eigenvalue weighted by molar-refractivity contribution is 0.0446. The van der Waals surface area contributed by atoms with E-state index in [1.54, 1.807) is 18.2 Å². The third-order valence-corrected chi connectivity index (χ3v) is 6.45. The van der Waals surface area contributed by atoms with Gasteiger partial charge in [0, 0.05) is 14.1 Å². The highest BCUT2D eigenvalue weighted by atomic mass is 32.2. The van der Waals surface area contributed by atoms with Gasteiger partial charge in [-0.25, -0.2) is 12.7 Å². The lowest BCUT2D eigenvalue weighted by atomic mass is 9.83. The molecule has 0 saturated heterocycles. The Hall–Kier alpha value is -1.67. The maximum Gasteiger partial charge on any atom is 0.242 e. The van der Waals surface area contributed by atoms with E-state index in [0.29, 0.717) is 23.6 Å². The highest BCUT2D eigenvalue weighted by Gasteiger charge is 2.21. The maximum absolute atomic E-state index is 12.3. The molecule has 1 aromatic heterocycles. The number of aromatic nitrogens is 3. The van der Waals surface area contributed by atoms with Crippen LogP contribution in [0, 0.1) is 11.8 Å². The molecule has 1 fully saturated rings. The van der Waals surface area contributed by atoms with Crippen LogP contribution in [0.1, 0.15) is 32.6 Å². The van der Waals surface area contributed by atoms with Crippen LogP contribution in [0.3, 0.4) is 0 Å². The maximum atomic E-state index is 12.3. The molecule has 0 aliphatic heterocycles. The Balaban J connectivity index is 1.81. The second-order valence-electron chi connectivity index (χ2n) is 6.83. The van der Waals surface area contributed by atoms with Crippen molar-refractivity contribution >= 4 is 21.1 Å². The number of hydrogen-bond acceptors (Lipinski definition) is 5. The Bertz CT molecular complexity index is 816. The average Bonchev–Trinajstić information content (AvgIpc) is 2.95. The molecule has 1 saturated carbocycles. The van der Waals surface area contributed by atoms with Crippen molar-refractivity contribution in [3.8, 4) is 0 Å². The predicted octanol–water partition coefficient (Wildman–Crippen LogP) is 1.94. The molecule has 0 N–H and O–H groups in total. The quantitative estimate of drug-likeness (QED) is 0.822. The minimum Gasteiger partial charge on any atom is -0.395 e. The molecule has 132 valence electrons. The number of rotatable bonds is 5. The molecule has 2 aromatic rings. The summed E-state index contributed by atoms with van der Waals surface area (Å²) >= 11 is 0. The Labute approximate surface area is 142 Å². The van der Waals surface area contributed by atoms with Crippen molar-refractivity contribution in [3.05, 3.63) is 18.2 Å². The van der Waals surface area contributed by atoms with Gasteiger partial charge in [0.25, 0.3) is 0 Å². The van der Waals surface area contributed by atoms with Gasteiger partial charge in [-0.2, -0.15) is 0 Å². The molecule has 24 heavy (non-hydrogen) atoms. The minimum absolute atomic E-state index is 0.207. The molecule has 0 radical (unpaired) electrons. The van der Waals surface area contributed by atoms with Crippen molar-refractivity contribution in [1.82, 2.24) is 19.5 Å². The van der Waals surface area contributed by atoms with Gasteiger partial charge in [0.1, 0.15) is 17.6 Å². The van der Waals surface area contributed by atoms with Gasteiger partial charge < -0.3 is 4.84 Å². The molecule has 0 bridgehead atoms. The van der Waals surface area contributed by atoms with E-state index in [2.05, 4.69) is 17.2 Å². The third-order valence-electron chi connectivity index (χ3n) is 4.64. The van der Waals surface area contributed by atoms with Crippen LogP contribution < -0.4 is 4.84 Å². The fourth-order valence-corrected chi connectivity index (χ4v) is 4.15. The first kappa shape index (κ1) is 17.2. The van der Waals surface area contributed by atoms with Gasteiger partial charge in [0.2, 0.25) is 10.0 Å². The topological polar surface area (TPSA) is 77.3 Å². The summed E-state index contributed by atoms with van der Waals surface area (Å²) in [5.74, 6) is 1.25. The van der Waals surface area contributed by atoms with Crippen LogP contribution in [0.4, 0.5) is 0 Å². The fraction of sp³-hybridized carbons (Fsp3) is 0.625. The van der Waals surface area contributed by atoms with Crippen molar-refractivity contribution in [1.29, 1.82) is 0 Å². The summed E-state index contributed by atoms with van der Waals surface area (Å²) in [6, 6.07) is 4.76. The molecule has 7 nitrogen and oxygen atoms in total. The van der Waals surface area contributed by atoms with Crippen LogP contribution in [-0.4, -0.2) is 48.6 Å². The van der Waals surface area contributed by atoms with E-state index < -0.39 is 10.0 Å². The summed E-state index contributed by atoms with van der Waals surface area (Å²) in [6.45, 7) is 2.85. The molecule has 1 aliphatic carbocycles. The van der Waals surface area contributed by atoms with Gasteiger partial charge >= 0.3 is 0 Å². The Morgan fingerprint density at radius 2 is 2.12 bits per heavy atom. The average molecular weight is 352 g/mol. The lowest BCUT2D eigenvalue weighted by Gasteiger charge is -2.26. The zero-order valence-electron chi connectivity index (χ0n) is 14.3. The Kier molecular flexibility index (Phi) is 4.78.